The molecular weight excluding hydrogens is 1380 g/mol. The molecule has 0 bridgehead atoms. The molecule has 5 saturated heterocycles. The summed E-state index contributed by atoms with van der Waals surface area (Å²) in [5.41, 5.74) is 5.73. The summed E-state index contributed by atoms with van der Waals surface area (Å²) in [6, 6.07) is 24.2. The van der Waals surface area contributed by atoms with E-state index in [1.54, 1.807) is 35.7 Å². The van der Waals surface area contributed by atoms with Gasteiger partial charge in [-0.25, -0.2) is 9.97 Å². The molecule has 10 N–H and O–H groups in total. The van der Waals surface area contributed by atoms with Crippen molar-refractivity contribution in [2.24, 2.45) is 95.8 Å². The summed E-state index contributed by atoms with van der Waals surface area (Å²) in [6.45, 7) is 39.2. The first kappa shape index (κ1) is 78.4. The molecule has 25 heteroatoms. The summed E-state index contributed by atoms with van der Waals surface area (Å²) in [5, 5.41) is 39.2. The van der Waals surface area contributed by atoms with E-state index in [4.69, 9.17) is 14.2 Å². The predicted octanol–water partition coefficient (Wildman–Crippen LogP) is 6.79. The maximum atomic E-state index is 12.7. The molecule has 5 saturated carbocycles. The van der Waals surface area contributed by atoms with Crippen LogP contribution in [0.4, 0.5) is 0 Å². The first-order valence-electron chi connectivity index (χ1n) is 39.4. The van der Waals surface area contributed by atoms with Gasteiger partial charge in [0.1, 0.15) is 31.3 Å². The molecule has 0 spiro atoms. The van der Waals surface area contributed by atoms with E-state index in [0.717, 1.165) is 134 Å². The van der Waals surface area contributed by atoms with E-state index < -0.39 is 16.6 Å². The van der Waals surface area contributed by atoms with Crippen molar-refractivity contribution < 1.29 is 38.2 Å². The Morgan fingerprint density at radius 2 is 0.890 bits per heavy atom. The zero-order valence-corrected chi connectivity index (χ0v) is 66.3. The largest absolute Gasteiger partial charge is 0.491 e. The van der Waals surface area contributed by atoms with Gasteiger partial charge in [-0.3, -0.25) is 43.6 Å². The Morgan fingerprint density at radius 1 is 0.468 bits per heavy atom. The Morgan fingerprint density at radius 3 is 1.37 bits per heavy atom. The summed E-state index contributed by atoms with van der Waals surface area (Å²) >= 11 is 0. The molecule has 5 aliphatic carbocycles. The summed E-state index contributed by atoms with van der Waals surface area (Å²) in [7, 11) is 1.88. The molecule has 0 radical (unpaired) electrons. The fraction of sp³-hybridized carbons (Fsp3) is 0.583. The number of rotatable bonds is 22. The Kier molecular flexibility index (Phi) is 23.0. The van der Waals surface area contributed by atoms with Gasteiger partial charge < -0.3 is 67.4 Å². The number of ether oxygens (including phenoxy) is 3. The molecule has 10 heterocycles. The van der Waals surface area contributed by atoms with E-state index in [-0.39, 0.29) is 70.2 Å². The lowest BCUT2D eigenvalue weighted by atomic mass is 9.90. The van der Waals surface area contributed by atoms with Gasteiger partial charge in [-0.2, -0.15) is 5.10 Å². The fourth-order valence-corrected chi connectivity index (χ4v) is 17.5. The first-order valence-corrected chi connectivity index (χ1v) is 39.4. The summed E-state index contributed by atoms with van der Waals surface area (Å²) in [4.78, 5) is 83.5. The van der Waals surface area contributed by atoms with Crippen LogP contribution in [0.3, 0.4) is 0 Å². The topological polar surface area (TPSA) is 316 Å². The van der Waals surface area contributed by atoms with Crippen molar-refractivity contribution in [3.63, 3.8) is 0 Å². The molecule has 2 aromatic carbocycles. The molecular formula is C84H115N17O8. The Bertz CT molecular complexity index is 4320. The molecule has 5 unspecified atom stereocenters. The lowest BCUT2D eigenvalue weighted by Crippen LogP contribution is -2.49. The van der Waals surface area contributed by atoms with Crippen LogP contribution in [0.5, 0.6) is 17.4 Å². The van der Waals surface area contributed by atoms with Crippen molar-refractivity contribution >= 4 is 51.5 Å². The van der Waals surface area contributed by atoms with Crippen LogP contribution in [0.15, 0.2) is 104 Å². The minimum Gasteiger partial charge on any atom is -0.491 e. The number of hydrogen-bond donors (Lipinski definition) is 10. The number of aromatic nitrogens is 7. The van der Waals surface area contributed by atoms with Gasteiger partial charge in [0.15, 0.2) is 5.65 Å². The normalized spacial score (nSPS) is 26.7. The highest BCUT2D eigenvalue weighted by molar-refractivity contribution is 5.88. The minimum absolute atomic E-state index is 0.149. The van der Waals surface area contributed by atoms with Crippen LogP contribution in [-0.4, -0.2) is 166 Å². The lowest BCUT2D eigenvalue weighted by Gasteiger charge is -2.29. The second-order valence-corrected chi connectivity index (χ2v) is 35.0. The molecule has 7 aromatic rings. The maximum Gasteiger partial charge on any atom is 0.235 e. The van der Waals surface area contributed by atoms with Crippen molar-refractivity contribution in [2.45, 2.75) is 131 Å². The Hall–Kier alpha value is -8.75. The van der Waals surface area contributed by atoms with Gasteiger partial charge >= 0.3 is 0 Å². The van der Waals surface area contributed by atoms with Crippen molar-refractivity contribution in [1.29, 1.82) is 0 Å². The number of carbonyl (C=O) groups is 5. The number of aryl methyl sites for hydroxylation is 5. The molecule has 5 aliphatic heterocycles. The number of para-hydroxylation sites is 2. The number of fused-ring (bicyclic) bond motifs is 7. The molecule has 17 rings (SSSR count). The molecule has 15 atom stereocenters. The second-order valence-electron chi connectivity index (χ2n) is 35.0. The van der Waals surface area contributed by atoms with Crippen molar-refractivity contribution in [3.8, 4) is 17.4 Å². The molecule has 109 heavy (non-hydrogen) atoms. The van der Waals surface area contributed by atoms with Gasteiger partial charge in [0.2, 0.25) is 35.4 Å². The van der Waals surface area contributed by atoms with Crippen LogP contribution in [-0.2, 0) is 48.5 Å². The highest BCUT2D eigenvalue weighted by Crippen LogP contribution is 2.52. The molecule has 10 aliphatic rings. The van der Waals surface area contributed by atoms with Gasteiger partial charge in [0.05, 0.1) is 50.8 Å². The number of hydrogen-bond acceptors (Lipinski definition) is 19. The van der Waals surface area contributed by atoms with E-state index in [2.05, 4.69) is 122 Å². The van der Waals surface area contributed by atoms with Crippen LogP contribution in [0.1, 0.15) is 110 Å². The van der Waals surface area contributed by atoms with Gasteiger partial charge in [0.25, 0.3) is 0 Å². The standard InChI is InChI=1S/C19H23N3O.C18H26N2O2.C16H21N5O.C16H23N3O2.C15H22N4O2/c1-11-8-15(12-6-4-5-7-16(12)21-11)19(2,3)22-18(23)17-13-9-20-10-14(13)17;1-4-12-7-5-6-8-15(12)22-11-18(2,3)20-17(21)16-13-9-19-10-14(13)16;1-16(2,19-15(22)12-10-7-17-8-11(10)12)13-9-5-4-6-18-14(9)21(3)20-13;1-10-4-5-17-8-13(10)21-9-16(2,3)19-15(20)14-11-6-18-7-12(11)14;1-9-14(18-5-4-17-9)21-8-15(2,3)19-13(20)12-10-6-16-7-11(10)12/h4-8,13-14,17,20H,9-10H2,1-3H3,(H,22,23);5-8,13-14,16,19H,4,9-11H2,1-3H3,(H,20,21);4-6,10-12,17H,7-8H2,1-3H3,(H,19,22);4-5,8,11-12,14,18H,6-7,9H2,1-3H3,(H,19,20);4-5,10-12,16H,6-8H2,1-3H3,(H,19,20)/t13-,14+,17?;13-,14+,16?;10-,11+,12?;11-,12+,14?;10-,11+,12?. The third-order valence-corrected chi connectivity index (χ3v) is 23.9. The van der Waals surface area contributed by atoms with Crippen LogP contribution in [0.2, 0.25) is 0 Å². The van der Waals surface area contributed by atoms with E-state index in [1.807, 2.05) is 138 Å². The molecule has 5 aromatic heterocycles. The number of carbonyl (C=O) groups excluding carboxylic acids is 5. The van der Waals surface area contributed by atoms with Gasteiger partial charge in [-0.1, -0.05) is 43.3 Å². The second kappa shape index (κ2) is 31.9. The molecule has 5 amide bonds. The third-order valence-electron chi connectivity index (χ3n) is 23.9. The SMILES string of the molecule is CCc1ccccc1OCC(C)(C)NC(=O)C1[C@H]2CNC[C@@H]12.Cc1cc(C(C)(C)NC(=O)C2[C@H]3CNC[C@@H]23)c2ccccc2n1.Cc1ccncc1OCC(C)(C)NC(=O)C1[C@H]2CNC[C@@H]12.Cc1nccnc1OCC(C)(C)NC(=O)C1[C@H]2CNC[C@@H]12.Cn1nc(C(C)(C)NC(=O)C2[C@H]3CNC[C@@H]23)c2cccnc21. The third kappa shape index (κ3) is 18.2. The van der Waals surface area contributed by atoms with Crippen LogP contribution in [0, 0.1) is 110 Å². The summed E-state index contributed by atoms with van der Waals surface area (Å²) in [6.07, 6.45) is 9.40. The van der Waals surface area contributed by atoms with Crippen LogP contribution < -0.4 is 67.4 Å². The Labute approximate surface area is 641 Å². The van der Waals surface area contributed by atoms with Gasteiger partial charge in [-0.05, 0) is 274 Å². The average molecular weight is 1490 g/mol. The van der Waals surface area contributed by atoms with Gasteiger partial charge in [-0.15, -0.1) is 0 Å². The molecule has 10 fully saturated rings. The molecule has 584 valence electrons. The quantitative estimate of drug-likeness (QED) is 0.0334. The van der Waals surface area contributed by atoms with Gasteiger partial charge in [0, 0.05) is 77.9 Å². The average Bonchev–Trinajstić information content (AvgIpc) is 1.59. The zero-order valence-electron chi connectivity index (χ0n) is 66.3. The van der Waals surface area contributed by atoms with E-state index in [0.29, 0.717) is 84.9 Å². The fourth-order valence-electron chi connectivity index (χ4n) is 17.5. The maximum absolute atomic E-state index is 12.7. The number of nitrogens with zero attached hydrogens (tertiary/aromatic N) is 7. The summed E-state index contributed by atoms with van der Waals surface area (Å²) in [5.74, 6) is 9.43. The number of piperidine rings is 5. The Balaban J connectivity index is 0.000000120. The van der Waals surface area contributed by atoms with E-state index >= 15 is 0 Å². The van der Waals surface area contributed by atoms with Crippen LogP contribution in [0.25, 0.3) is 21.9 Å². The number of nitrogens with one attached hydrogen (secondary N) is 10. The van der Waals surface area contributed by atoms with E-state index in [1.165, 1.54) is 5.56 Å². The predicted molar refractivity (Wildman–Crippen MR) is 419 cm³/mol. The van der Waals surface area contributed by atoms with Crippen molar-refractivity contribution in [2.75, 3.05) is 85.3 Å². The first-order chi connectivity index (χ1) is 51.9. The number of pyridine rings is 3. The lowest BCUT2D eigenvalue weighted by molar-refractivity contribution is -0.125. The number of amides is 5. The smallest absolute Gasteiger partial charge is 0.235 e. The summed E-state index contributed by atoms with van der Waals surface area (Å²) < 4.78 is 19.2. The molecule has 25 nitrogen and oxygen atoms in total. The number of benzene rings is 2. The minimum atomic E-state index is -0.510. The van der Waals surface area contributed by atoms with Crippen molar-refractivity contribution in [1.82, 2.24) is 87.9 Å². The highest BCUT2D eigenvalue weighted by atomic mass is 16.5. The zero-order chi connectivity index (χ0) is 77.5. The monoisotopic (exact) mass is 1490 g/mol. The highest BCUT2D eigenvalue weighted by Gasteiger charge is 2.61. The van der Waals surface area contributed by atoms with Crippen molar-refractivity contribution in [3.05, 3.63) is 138 Å². The van der Waals surface area contributed by atoms with E-state index in [9.17, 15) is 24.0 Å². The van der Waals surface area contributed by atoms with Crippen LogP contribution >= 0.6 is 0 Å².